The van der Waals surface area contributed by atoms with Crippen LogP contribution in [0.25, 0.3) is 0 Å². The van der Waals surface area contributed by atoms with Gasteiger partial charge in [-0.2, -0.15) is 0 Å². The first-order valence-corrected chi connectivity index (χ1v) is 5.77. The first kappa shape index (κ1) is 9.76. The molecular formula is C8H13O3P. The molecule has 4 heteroatoms. The van der Waals surface area contributed by atoms with Crippen LogP contribution < -0.4 is 0 Å². The zero-order valence-electron chi connectivity index (χ0n) is 6.86. The second kappa shape index (κ2) is 4.06. The first-order chi connectivity index (χ1) is 5.58. The number of allylic oxidation sites excluding steroid dienone is 1. The van der Waals surface area contributed by atoms with Gasteiger partial charge in [0.25, 0.3) is 0 Å². The van der Waals surface area contributed by atoms with E-state index in [9.17, 15) is 4.57 Å². The van der Waals surface area contributed by atoms with Crippen LogP contribution in [0, 0.1) is 0 Å². The molecule has 1 aliphatic carbocycles. The molecule has 12 heavy (non-hydrogen) atoms. The Morgan fingerprint density at radius 3 is 2.33 bits per heavy atom. The minimum Gasteiger partial charge on any atom is -0.321 e. The maximum atomic E-state index is 10.4. The molecule has 2 N–H and O–H groups in total. The van der Waals surface area contributed by atoms with Crippen molar-refractivity contribution in [2.24, 2.45) is 0 Å². The van der Waals surface area contributed by atoms with Gasteiger partial charge in [0.15, 0.2) is 0 Å². The maximum absolute atomic E-state index is 10.4. The minimum absolute atomic E-state index is 0.883. The third kappa shape index (κ3) is 3.89. The monoisotopic (exact) mass is 188 g/mol. The molecule has 1 rings (SSSR count). The van der Waals surface area contributed by atoms with Gasteiger partial charge in [0.05, 0.1) is 5.82 Å². The minimum atomic E-state index is -3.99. The molecule has 0 heterocycles. The van der Waals surface area contributed by atoms with E-state index >= 15 is 0 Å². The highest BCUT2D eigenvalue weighted by Gasteiger charge is 2.07. The van der Waals surface area contributed by atoms with Gasteiger partial charge in [0.2, 0.25) is 0 Å². The molecule has 0 aromatic rings. The molecule has 0 amide bonds. The lowest BCUT2D eigenvalue weighted by molar-refractivity contribution is 0.386. The largest absolute Gasteiger partial charge is 0.356 e. The molecule has 0 aliphatic heterocycles. The van der Waals surface area contributed by atoms with Crippen molar-refractivity contribution in [3.63, 3.8) is 0 Å². The molecule has 0 spiro atoms. The van der Waals surface area contributed by atoms with Crippen molar-refractivity contribution >= 4 is 7.60 Å². The van der Waals surface area contributed by atoms with Crippen LogP contribution in [0.5, 0.6) is 0 Å². The molecule has 1 aliphatic rings. The Hall–Kier alpha value is -0.330. The molecule has 68 valence electrons. The second-order valence-electron chi connectivity index (χ2n) is 3.03. The average molecular weight is 188 g/mol. The van der Waals surface area contributed by atoms with Crippen molar-refractivity contribution in [3.8, 4) is 0 Å². The maximum Gasteiger partial charge on any atom is 0.356 e. The van der Waals surface area contributed by atoms with Gasteiger partial charge in [-0.05, 0) is 31.3 Å². The summed E-state index contributed by atoms with van der Waals surface area (Å²) in [5.74, 6) is 0.883. The molecule has 0 aromatic heterocycles. The standard InChI is InChI=1S/C8H13O3P/c9-12(10,11)7-6-8-4-2-1-3-5-8/h7H,1-5H2,(H2,9,10,11). The van der Waals surface area contributed by atoms with Crippen molar-refractivity contribution in [1.29, 1.82) is 0 Å². The molecule has 0 aromatic carbocycles. The highest BCUT2D eigenvalue weighted by molar-refractivity contribution is 7.55. The first-order valence-electron chi connectivity index (χ1n) is 4.09. The van der Waals surface area contributed by atoms with Crippen LogP contribution in [-0.2, 0) is 4.57 Å². The molecule has 1 saturated carbocycles. The van der Waals surface area contributed by atoms with Crippen molar-refractivity contribution in [1.82, 2.24) is 0 Å². The van der Waals surface area contributed by atoms with Gasteiger partial charge < -0.3 is 9.79 Å². The van der Waals surface area contributed by atoms with Gasteiger partial charge in [-0.1, -0.05) is 6.42 Å². The third-order valence-corrected chi connectivity index (χ3v) is 2.36. The highest BCUT2D eigenvalue weighted by atomic mass is 31.2. The summed E-state index contributed by atoms with van der Waals surface area (Å²) in [5.41, 5.74) is 3.74. The van der Waals surface area contributed by atoms with Crippen molar-refractivity contribution < 1.29 is 14.4 Å². The summed E-state index contributed by atoms with van der Waals surface area (Å²) < 4.78 is 10.4. The van der Waals surface area contributed by atoms with E-state index in [0.717, 1.165) is 37.1 Å². The molecule has 0 unspecified atom stereocenters. The predicted molar refractivity (Wildman–Crippen MR) is 46.7 cm³/mol. The molecule has 0 bridgehead atoms. The number of rotatable bonds is 1. The predicted octanol–water partition coefficient (Wildman–Crippen LogP) is 2.17. The van der Waals surface area contributed by atoms with E-state index < -0.39 is 7.60 Å². The van der Waals surface area contributed by atoms with Crippen molar-refractivity contribution in [3.05, 3.63) is 17.1 Å². The van der Waals surface area contributed by atoms with Crippen LogP contribution in [0.15, 0.2) is 17.1 Å². The SMILES string of the molecule is O=P(O)(O)C=C=C1CCCCC1. The number of hydrogen-bond acceptors (Lipinski definition) is 1. The van der Waals surface area contributed by atoms with E-state index in [-0.39, 0.29) is 0 Å². The van der Waals surface area contributed by atoms with Crippen LogP contribution in [0.2, 0.25) is 0 Å². The topological polar surface area (TPSA) is 57.5 Å². The Morgan fingerprint density at radius 2 is 1.83 bits per heavy atom. The summed E-state index contributed by atoms with van der Waals surface area (Å²) in [7, 11) is -3.99. The quantitative estimate of drug-likeness (QED) is 0.489. The van der Waals surface area contributed by atoms with Crippen LogP contribution in [0.4, 0.5) is 0 Å². The second-order valence-corrected chi connectivity index (χ2v) is 4.46. The summed E-state index contributed by atoms with van der Waals surface area (Å²) in [4.78, 5) is 17.1. The Morgan fingerprint density at radius 1 is 1.25 bits per heavy atom. The lowest BCUT2D eigenvalue weighted by Crippen LogP contribution is -1.91. The fourth-order valence-electron chi connectivity index (χ4n) is 1.30. The van der Waals surface area contributed by atoms with Gasteiger partial charge >= 0.3 is 7.60 Å². The fraction of sp³-hybridized carbons (Fsp3) is 0.625. The van der Waals surface area contributed by atoms with E-state index in [2.05, 4.69) is 5.73 Å². The van der Waals surface area contributed by atoms with Gasteiger partial charge in [0.1, 0.15) is 0 Å². The summed E-state index contributed by atoms with van der Waals surface area (Å²) in [6.07, 6.45) is 5.35. The van der Waals surface area contributed by atoms with Crippen LogP contribution in [0.3, 0.4) is 0 Å². The lowest BCUT2D eigenvalue weighted by atomic mass is 9.96. The number of hydrogen-bond donors (Lipinski definition) is 2. The van der Waals surface area contributed by atoms with E-state index in [1.807, 2.05) is 0 Å². The van der Waals surface area contributed by atoms with Crippen LogP contribution in [-0.4, -0.2) is 9.79 Å². The molecule has 0 atom stereocenters. The van der Waals surface area contributed by atoms with Gasteiger partial charge in [0, 0.05) is 0 Å². The smallest absolute Gasteiger partial charge is 0.321 e. The molecule has 0 saturated heterocycles. The van der Waals surface area contributed by atoms with E-state index in [1.165, 1.54) is 6.42 Å². The Bertz CT molecular complexity index is 249. The average Bonchev–Trinajstić information content (AvgIpc) is 2.02. The van der Waals surface area contributed by atoms with Crippen LogP contribution >= 0.6 is 7.60 Å². The van der Waals surface area contributed by atoms with E-state index in [0.29, 0.717) is 0 Å². The Balaban J connectivity index is 2.66. The van der Waals surface area contributed by atoms with Gasteiger partial charge in [-0.25, -0.2) is 0 Å². The van der Waals surface area contributed by atoms with Gasteiger partial charge in [-0.3, -0.25) is 4.57 Å². The normalized spacial score (nSPS) is 18.7. The fourth-order valence-corrected chi connectivity index (χ4v) is 1.65. The van der Waals surface area contributed by atoms with Crippen LogP contribution in [0.1, 0.15) is 32.1 Å². The summed E-state index contributed by atoms with van der Waals surface area (Å²) in [6, 6.07) is 0. The summed E-state index contributed by atoms with van der Waals surface area (Å²) in [6.45, 7) is 0. The van der Waals surface area contributed by atoms with Crippen molar-refractivity contribution in [2.45, 2.75) is 32.1 Å². The van der Waals surface area contributed by atoms with E-state index in [4.69, 9.17) is 9.79 Å². The molecule has 1 fully saturated rings. The summed E-state index contributed by atoms with van der Waals surface area (Å²) in [5, 5.41) is 0. The van der Waals surface area contributed by atoms with Crippen molar-refractivity contribution in [2.75, 3.05) is 0 Å². The molecular weight excluding hydrogens is 175 g/mol. The van der Waals surface area contributed by atoms with Gasteiger partial charge in [-0.15, -0.1) is 5.73 Å². The third-order valence-electron chi connectivity index (χ3n) is 1.89. The zero-order chi connectivity index (χ0) is 9.03. The highest BCUT2D eigenvalue weighted by Crippen LogP contribution is 2.36. The Labute approximate surface area is 72.0 Å². The molecule has 0 radical (unpaired) electrons. The Kier molecular flexibility index (Phi) is 3.30. The zero-order valence-corrected chi connectivity index (χ0v) is 7.76. The molecule has 3 nitrogen and oxygen atoms in total. The van der Waals surface area contributed by atoms with E-state index in [1.54, 1.807) is 0 Å². The summed E-state index contributed by atoms with van der Waals surface area (Å²) >= 11 is 0. The lowest BCUT2D eigenvalue weighted by Gasteiger charge is -2.10.